The lowest BCUT2D eigenvalue weighted by Crippen LogP contribution is -2.14. The van der Waals surface area contributed by atoms with E-state index in [-0.39, 0.29) is 5.69 Å². The van der Waals surface area contributed by atoms with Gasteiger partial charge in [0.1, 0.15) is 17.3 Å². The van der Waals surface area contributed by atoms with Crippen LogP contribution < -0.4 is 5.32 Å². The van der Waals surface area contributed by atoms with E-state index in [0.717, 1.165) is 17.7 Å². The molecule has 6 heteroatoms. The predicted octanol–water partition coefficient (Wildman–Crippen LogP) is 3.87. The zero-order chi connectivity index (χ0) is 15.5. The minimum Gasteiger partial charge on any atom is -0.355 e. The summed E-state index contributed by atoms with van der Waals surface area (Å²) in [4.78, 5) is 12.0. The van der Waals surface area contributed by atoms with Gasteiger partial charge in [-0.25, -0.2) is 8.78 Å². The maximum Gasteiger partial charge on any atom is 0.278 e. The minimum atomic E-state index is -0.861. The van der Waals surface area contributed by atoms with Gasteiger partial charge in [0.25, 0.3) is 5.91 Å². The van der Waals surface area contributed by atoms with Gasteiger partial charge in [-0.15, -0.1) is 0 Å². The second-order valence-corrected chi connectivity index (χ2v) is 4.49. The first-order valence-corrected chi connectivity index (χ1v) is 6.42. The summed E-state index contributed by atoms with van der Waals surface area (Å²) in [7, 11) is 0. The molecule has 0 atom stereocenters. The molecule has 0 radical (unpaired) electrons. The number of nitrogens with zero attached hydrogens (tertiary/aromatic N) is 1. The molecule has 0 fully saturated rings. The summed E-state index contributed by atoms with van der Waals surface area (Å²) in [6, 6.07) is 13.8. The Kier molecular flexibility index (Phi) is 3.65. The van der Waals surface area contributed by atoms with Crippen LogP contribution in [0, 0.1) is 11.6 Å². The van der Waals surface area contributed by atoms with Crippen molar-refractivity contribution in [1.29, 1.82) is 0 Å². The maximum atomic E-state index is 13.5. The van der Waals surface area contributed by atoms with E-state index < -0.39 is 23.2 Å². The van der Waals surface area contributed by atoms with Crippen molar-refractivity contribution in [3.63, 3.8) is 0 Å². The molecule has 0 saturated heterocycles. The van der Waals surface area contributed by atoms with Gasteiger partial charge in [-0.2, -0.15) is 0 Å². The maximum absolute atomic E-state index is 13.5. The molecule has 3 aromatic rings. The Morgan fingerprint density at radius 3 is 2.36 bits per heavy atom. The third kappa shape index (κ3) is 2.71. The van der Waals surface area contributed by atoms with Crippen molar-refractivity contribution in [3.05, 3.63) is 71.9 Å². The molecule has 2 aromatic carbocycles. The van der Waals surface area contributed by atoms with Crippen molar-refractivity contribution in [2.24, 2.45) is 0 Å². The molecule has 0 spiro atoms. The first-order chi connectivity index (χ1) is 10.6. The summed E-state index contributed by atoms with van der Waals surface area (Å²) in [6.07, 6.45) is 0. The highest BCUT2D eigenvalue weighted by Gasteiger charge is 2.17. The Hall–Kier alpha value is -3.02. The van der Waals surface area contributed by atoms with Gasteiger partial charge in [0.15, 0.2) is 11.5 Å². The molecule has 4 nitrogen and oxygen atoms in total. The number of halogens is 2. The van der Waals surface area contributed by atoms with Gasteiger partial charge in [-0.1, -0.05) is 41.6 Å². The molecular weight excluding hydrogens is 290 g/mol. The van der Waals surface area contributed by atoms with Crippen molar-refractivity contribution < 1.29 is 18.1 Å². The molecule has 0 aliphatic heterocycles. The molecule has 22 heavy (non-hydrogen) atoms. The molecular formula is C16H10F2N2O2. The van der Waals surface area contributed by atoms with Crippen molar-refractivity contribution >= 4 is 11.6 Å². The topological polar surface area (TPSA) is 55.1 Å². The van der Waals surface area contributed by atoms with Crippen molar-refractivity contribution in [2.75, 3.05) is 5.32 Å². The highest BCUT2D eigenvalue weighted by molar-refractivity contribution is 6.03. The van der Waals surface area contributed by atoms with Gasteiger partial charge in [-0.05, 0) is 12.1 Å². The molecule has 0 bridgehead atoms. The summed E-state index contributed by atoms with van der Waals surface area (Å²) in [5, 5.41) is 5.76. The summed E-state index contributed by atoms with van der Waals surface area (Å²) >= 11 is 0. The highest BCUT2D eigenvalue weighted by Crippen LogP contribution is 2.22. The number of aromatic nitrogens is 1. The number of rotatable bonds is 3. The Labute approximate surface area is 124 Å². The zero-order valence-corrected chi connectivity index (χ0v) is 11.2. The van der Waals surface area contributed by atoms with Crippen molar-refractivity contribution in [3.8, 4) is 11.3 Å². The molecule has 110 valence electrons. The number of carbonyl (C=O) groups excluding carboxylic acids is 1. The summed E-state index contributed by atoms with van der Waals surface area (Å²) < 4.78 is 32.1. The number of hydrogen-bond donors (Lipinski definition) is 1. The third-order valence-electron chi connectivity index (χ3n) is 3.00. The highest BCUT2D eigenvalue weighted by atomic mass is 19.1. The van der Waals surface area contributed by atoms with E-state index in [9.17, 15) is 13.6 Å². The number of nitrogens with one attached hydrogen (secondary N) is 1. The molecule has 1 heterocycles. The Morgan fingerprint density at radius 1 is 1.00 bits per heavy atom. The normalized spacial score (nSPS) is 10.5. The lowest BCUT2D eigenvalue weighted by Gasteiger charge is -2.04. The minimum absolute atomic E-state index is 0.0680. The summed E-state index contributed by atoms with van der Waals surface area (Å²) in [5.41, 5.74) is 0.157. The number of amides is 1. The van der Waals surface area contributed by atoms with E-state index in [1.54, 1.807) is 12.1 Å². The molecule has 1 N–H and O–H groups in total. The van der Waals surface area contributed by atoms with E-state index >= 15 is 0 Å². The van der Waals surface area contributed by atoms with Gasteiger partial charge in [0, 0.05) is 11.6 Å². The van der Waals surface area contributed by atoms with Crippen LogP contribution in [0.25, 0.3) is 11.3 Å². The SMILES string of the molecule is O=C(Nc1c(F)cccc1F)c1cc(-c2ccccc2)on1. The number of hydrogen-bond acceptors (Lipinski definition) is 3. The lowest BCUT2D eigenvalue weighted by molar-refractivity contribution is 0.101. The molecule has 1 aromatic heterocycles. The fourth-order valence-corrected chi connectivity index (χ4v) is 1.92. The van der Waals surface area contributed by atoms with Crippen LogP contribution in [0.4, 0.5) is 14.5 Å². The number of anilines is 1. The average molecular weight is 300 g/mol. The van der Waals surface area contributed by atoms with Gasteiger partial charge >= 0.3 is 0 Å². The standard InChI is InChI=1S/C16H10F2N2O2/c17-11-7-4-8-12(18)15(11)19-16(21)13-9-14(22-20-13)10-5-2-1-3-6-10/h1-9H,(H,19,21). The Morgan fingerprint density at radius 2 is 1.68 bits per heavy atom. The molecule has 0 aliphatic carbocycles. The molecule has 3 rings (SSSR count). The second kappa shape index (κ2) is 5.77. The second-order valence-electron chi connectivity index (χ2n) is 4.49. The predicted molar refractivity (Wildman–Crippen MR) is 76.3 cm³/mol. The van der Waals surface area contributed by atoms with Gasteiger partial charge in [0.2, 0.25) is 0 Å². The first-order valence-electron chi connectivity index (χ1n) is 6.42. The van der Waals surface area contributed by atoms with Gasteiger partial charge < -0.3 is 9.84 Å². The van der Waals surface area contributed by atoms with Crippen LogP contribution in [0.3, 0.4) is 0 Å². The van der Waals surface area contributed by atoms with Crippen molar-refractivity contribution in [1.82, 2.24) is 5.16 Å². The Balaban J connectivity index is 1.83. The summed E-state index contributed by atoms with van der Waals surface area (Å²) in [5.74, 6) is -2.09. The van der Waals surface area contributed by atoms with E-state index in [4.69, 9.17) is 4.52 Å². The van der Waals surface area contributed by atoms with E-state index in [2.05, 4.69) is 10.5 Å². The quantitative estimate of drug-likeness (QED) is 0.798. The molecule has 0 unspecified atom stereocenters. The smallest absolute Gasteiger partial charge is 0.278 e. The van der Waals surface area contributed by atoms with E-state index in [1.165, 1.54) is 12.1 Å². The van der Waals surface area contributed by atoms with Crippen LogP contribution in [0.5, 0.6) is 0 Å². The number of carbonyl (C=O) groups is 1. The lowest BCUT2D eigenvalue weighted by atomic mass is 10.1. The van der Waals surface area contributed by atoms with E-state index in [1.807, 2.05) is 18.2 Å². The number of benzene rings is 2. The monoisotopic (exact) mass is 300 g/mol. The molecule has 0 saturated carbocycles. The largest absolute Gasteiger partial charge is 0.355 e. The fraction of sp³-hybridized carbons (Fsp3) is 0. The zero-order valence-electron chi connectivity index (χ0n) is 11.2. The average Bonchev–Trinajstić information content (AvgIpc) is 3.02. The third-order valence-corrected chi connectivity index (χ3v) is 3.00. The van der Waals surface area contributed by atoms with Crippen LogP contribution in [-0.4, -0.2) is 11.1 Å². The van der Waals surface area contributed by atoms with Gasteiger partial charge in [0.05, 0.1) is 0 Å². The van der Waals surface area contributed by atoms with Crippen LogP contribution in [0.2, 0.25) is 0 Å². The molecule has 1 amide bonds. The van der Waals surface area contributed by atoms with E-state index in [0.29, 0.717) is 5.76 Å². The molecule has 0 aliphatic rings. The Bertz CT molecular complexity index is 796. The van der Waals surface area contributed by atoms with Crippen LogP contribution in [0.15, 0.2) is 59.1 Å². The van der Waals surface area contributed by atoms with Crippen LogP contribution in [-0.2, 0) is 0 Å². The first kappa shape index (κ1) is 13.9. The number of para-hydroxylation sites is 1. The van der Waals surface area contributed by atoms with Crippen molar-refractivity contribution in [2.45, 2.75) is 0 Å². The summed E-state index contributed by atoms with van der Waals surface area (Å²) in [6.45, 7) is 0. The van der Waals surface area contributed by atoms with Crippen LogP contribution in [0.1, 0.15) is 10.5 Å². The van der Waals surface area contributed by atoms with Gasteiger partial charge in [-0.3, -0.25) is 4.79 Å². The van der Waals surface area contributed by atoms with Crippen LogP contribution >= 0.6 is 0 Å². The fourth-order valence-electron chi connectivity index (χ4n) is 1.92.